The van der Waals surface area contributed by atoms with Crippen molar-refractivity contribution in [1.82, 2.24) is 10.2 Å². The predicted octanol–water partition coefficient (Wildman–Crippen LogP) is 1.87. The molecule has 0 saturated heterocycles. The van der Waals surface area contributed by atoms with Crippen molar-refractivity contribution >= 4 is 33.7 Å². The monoisotopic (exact) mass is 299 g/mol. The van der Waals surface area contributed by atoms with E-state index in [0.29, 0.717) is 18.3 Å². The first-order valence-corrected chi connectivity index (χ1v) is 7.28. The number of carbonyl (C=O) groups is 1. The molecule has 2 aromatic rings. The summed E-state index contributed by atoms with van der Waals surface area (Å²) in [5, 5.41) is 15.8. The smallest absolute Gasteiger partial charge is 0.252 e. The first-order valence-electron chi connectivity index (χ1n) is 5.52. The number of hydrogen-bond donors (Lipinski definition) is 1. The number of nitrogens with zero attached hydrogens (tertiary/aromatic N) is 2. The van der Waals surface area contributed by atoms with E-state index in [4.69, 9.17) is 9.47 Å². The molecule has 19 heavy (non-hydrogen) atoms. The van der Waals surface area contributed by atoms with Crippen molar-refractivity contribution in [1.29, 1.82) is 0 Å². The van der Waals surface area contributed by atoms with Crippen LogP contribution in [0.5, 0.6) is 0 Å². The van der Waals surface area contributed by atoms with E-state index in [1.807, 2.05) is 16.8 Å². The molecular formula is C11H13N3O3S2. The Labute approximate surface area is 118 Å². The van der Waals surface area contributed by atoms with Crippen molar-refractivity contribution < 1.29 is 14.3 Å². The maximum absolute atomic E-state index is 11.5. The van der Waals surface area contributed by atoms with E-state index in [9.17, 15) is 4.79 Å². The van der Waals surface area contributed by atoms with Gasteiger partial charge in [0, 0.05) is 18.1 Å². The Morgan fingerprint density at radius 1 is 1.42 bits per heavy atom. The molecule has 6 nitrogen and oxygen atoms in total. The van der Waals surface area contributed by atoms with Crippen LogP contribution < -0.4 is 5.32 Å². The van der Waals surface area contributed by atoms with E-state index >= 15 is 0 Å². The molecule has 0 aromatic carbocycles. The van der Waals surface area contributed by atoms with Gasteiger partial charge in [0.25, 0.3) is 5.91 Å². The van der Waals surface area contributed by atoms with Crippen LogP contribution in [0, 0.1) is 0 Å². The van der Waals surface area contributed by atoms with Crippen LogP contribution in [-0.4, -0.2) is 43.0 Å². The normalized spacial score (nSPS) is 10.6. The van der Waals surface area contributed by atoms with Gasteiger partial charge in [-0.05, 0) is 11.4 Å². The van der Waals surface area contributed by atoms with Crippen molar-refractivity contribution in [2.24, 2.45) is 0 Å². The Balaban J connectivity index is 1.81. The molecule has 0 bridgehead atoms. The molecule has 2 heterocycles. The number of carbonyl (C=O) groups excluding carboxylic acids is 1. The number of ether oxygens (including phenoxy) is 2. The summed E-state index contributed by atoms with van der Waals surface area (Å²) in [6, 6.07) is 1.96. The number of hydrogen-bond acceptors (Lipinski definition) is 7. The lowest BCUT2D eigenvalue weighted by Crippen LogP contribution is -2.19. The highest BCUT2D eigenvalue weighted by atomic mass is 32.1. The van der Waals surface area contributed by atoms with Crippen molar-refractivity contribution in [2.75, 3.05) is 32.2 Å². The van der Waals surface area contributed by atoms with Crippen LogP contribution in [0.2, 0.25) is 0 Å². The van der Waals surface area contributed by atoms with Gasteiger partial charge in [0.2, 0.25) is 5.13 Å². The first kappa shape index (κ1) is 14.1. The van der Waals surface area contributed by atoms with Gasteiger partial charge in [-0.15, -0.1) is 10.2 Å². The molecule has 0 aliphatic heterocycles. The number of nitrogens with one attached hydrogen (secondary N) is 1. The number of methoxy groups -OCH3 is 1. The van der Waals surface area contributed by atoms with Crippen LogP contribution in [0.25, 0.3) is 10.6 Å². The van der Waals surface area contributed by atoms with E-state index < -0.39 is 0 Å². The summed E-state index contributed by atoms with van der Waals surface area (Å²) in [5.41, 5.74) is 1.01. The van der Waals surface area contributed by atoms with E-state index in [-0.39, 0.29) is 12.5 Å². The van der Waals surface area contributed by atoms with Gasteiger partial charge in [0.05, 0.1) is 13.2 Å². The quantitative estimate of drug-likeness (QED) is 0.790. The molecule has 2 rings (SSSR count). The Morgan fingerprint density at radius 2 is 2.32 bits per heavy atom. The van der Waals surface area contributed by atoms with E-state index in [0.717, 1.165) is 10.6 Å². The zero-order chi connectivity index (χ0) is 13.5. The zero-order valence-electron chi connectivity index (χ0n) is 10.3. The fourth-order valence-corrected chi connectivity index (χ4v) is 2.71. The summed E-state index contributed by atoms with van der Waals surface area (Å²) in [6.45, 7) is 0.839. The van der Waals surface area contributed by atoms with Gasteiger partial charge < -0.3 is 9.47 Å². The SMILES string of the molecule is COCCOCC(=O)Nc1nnc(-c2ccsc2)s1. The fraction of sp³-hybridized carbons (Fsp3) is 0.364. The molecule has 0 spiro atoms. The molecular weight excluding hydrogens is 286 g/mol. The second-order valence-corrected chi connectivity index (χ2v) is 5.28. The van der Waals surface area contributed by atoms with Crippen LogP contribution in [-0.2, 0) is 14.3 Å². The number of thiophene rings is 1. The minimum absolute atomic E-state index is 0.0171. The zero-order valence-corrected chi connectivity index (χ0v) is 11.9. The first-order chi connectivity index (χ1) is 9.29. The summed E-state index contributed by atoms with van der Waals surface area (Å²) >= 11 is 2.93. The topological polar surface area (TPSA) is 73.3 Å². The molecule has 8 heteroatoms. The maximum atomic E-state index is 11.5. The van der Waals surface area contributed by atoms with Gasteiger partial charge in [-0.2, -0.15) is 11.3 Å². The molecule has 0 atom stereocenters. The Bertz CT molecular complexity index is 513. The lowest BCUT2D eigenvalue weighted by atomic mass is 10.4. The van der Waals surface area contributed by atoms with Crippen molar-refractivity contribution in [3.8, 4) is 10.6 Å². The molecule has 0 aliphatic rings. The Kier molecular flexibility index (Phi) is 5.40. The van der Waals surface area contributed by atoms with Crippen LogP contribution in [0.4, 0.5) is 5.13 Å². The molecule has 102 valence electrons. The molecule has 2 aromatic heterocycles. The summed E-state index contributed by atoms with van der Waals surface area (Å²) in [7, 11) is 1.58. The number of amides is 1. The molecule has 0 unspecified atom stereocenters. The largest absolute Gasteiger partial charge is 0.382 e. The Hall–Kier alpha value is -1.35. The second kappa shape index (κ2) is 7.29. The van der Waals surface area contributed by atoms with Crippen molar-refractivity contribution in [3.63, 3.8) is 0 Å². The van der Waals surface area contributed by atoms with Crippen LogP contribution in [0.15, 0.2) is 16.8 Å². The lowest BCUT2D eigenvalue weighted by Gasteiger charge is -2.02. The van der Waals surface area contributed by atoms with Crippen LogP contribution >= 0.6 is 22.7 Å². The highest BCUT2D eigenvalue weighted by Crippen LogP contribution is 2.27. The molecule has 0 fully saturated rings. The standard InChI is InChI=1S/C11H13N3O3S2/c1-16-3-4-17-6-9(15)12-11-14-13-10(19-11)8-2-5-18-7-8/h2,5,7H,3-4,6H2,1H3,(H,12,14,15). The third kappa shape index (κ3) is 4.35. The van der Waals surface area contributed by atoms with Crippen molar-refractivity contribution in [3.05, 3.63) is 16.8 Å². The number of anilines is 1. The molecule has 1 amide bonds. The number of aromatic nitrogens is 2. The van der Waals surface area contributed by atoms with Gasteiger partial charge in [-0.1, -0.05) is 11.3 Å². The van der Waals surface area contributed by atoms with E-state index in [1.165, 1.54) is 11.3 Å². The number of rotatable bonds is 7. The molecule has 1 N–H and O–H groups in total. The summed E-state index contributed by atoms with van der Waals surface area (Å²) in [4.78, 5) is 11.5. The third-order valence-corrected chi connectivity index (χ3v) is 3.68. The summed E-state index contributed by atoms with van der Waals surface area (Å²) in [5.74, 6) is -0.246. The summed E-state index contributed by atoms with van der Waals surface area (Å²) in [6.07, 6.45) is 0. The van der Waals surface area contributed by atoms with Crippen LogP contribution in [0.3, 0.4) is 0 Å². The van der Waals surface area contributed by atoms with Crippen LogP contribution in [0.1, 0.15) is 0 Å². The minimum atomic E-state index is -0.246. The van der Waals surface area contributed by atoms with Gasteiger partial charge in [-0.3, -0.25) is 10.1 Å². The second-order valence-electron chi connectivity index (χ2n) is 3.52. The van der Waals surface area contributed by atoms with Gasteiger partial charge >= 0.3 is 0 Å². The van der Waals surface area contributed by atoms with Gasteiger partial charge in [0.1, 0.15) is 11.6 Å². The minimum Gasteiger partial charge on any atom is -0.382 e. The van der Waals surface area contributed by atoms with Gasteiger partial charge in [0.15, 0.2) is 0 Å². The predicted molar refractivity (Wildman–Crippen MR) is 74.5 cm³/mol. The fourth-order valence-electron chi connectivity index (χ4n) is 1.24. The summed E-state index contributed by atoms with van der Waals surface area (Å²) < 4.78 is 9.92. The van der Waals surface area contributed by atoms with E-state index in [2.05, 4.69) is 15.5 Å². The maximum Gasteiger partial charge on any atom is 0.252 e. The van der Waals surface area contributed by atoms with Gasteiger partial charge in [-0.25, -0.2) is 0 Å². The Morgan fingerprint density at radius 3 is 3.05 bits per heavy atom. The molecule has 0 radical (unpaired) electrons. The average molecular weight is 299 g/mol. The third-order valence-electron chi connectivity index (χ3n) is 2.10. The molecule has 0 aliphatic carbocycles. The average Bonchev–Trinajstić information content (AvgIpc) is 3.04. The van der Waals surface area contributed by atoms with Crippen molar-refractivity contribution in [2.45, 2.75) is 0 Å². The highest BCUT2D eigenvalue weighted by Gasteiger charge is 2.09. The van der Waals surface area contributed by atoms with E-state index in [1.54, 1.807) is 18.4 Å². The molecule has 0 saturated carbocycles. The highest BCUT2D eigenvalue weighted by molar-refractivity contribution is 7.19. The lowest BCUT2D eigenvalue weighted by molar-refractivity contribution is -0.121.